The Morgan fingerprint density at radius 2 is 1.84 bits per heavy atom. The van der Waals surface area contributed by atoms with Crippen LogP contribution in [0.4, 0.5) is 0 Å². The molecule has 19 heavy (non-hydrogen) atoms. The van der Waals surface area contributed by atoms with Crippen LogP contribution in [0.25, 0.3) is 0 Å². The van der Waals surface area contributed by atoms with Gasteiger partial charge in [-0.1, -0.05) is 26.0 Å². The zero-order valence-corrected chi connectivity index (χ0v) is 11.4. The number of allylic oxidation sites excluding steroid dienone is 2. The maximum atomic E-state index is 9.77. The van der Waals surface area contributed by atoms with Crippen LogP contribution in [0.2, 0.25) is 0 Å². The second-order valence-corrected chi connectivity index (χ2v) is 6.05. The van der Waals surface area contributed by atoms with E-state index in [1.807, 2.05) is 19.1 Å². The van der Waals surface area contributed by atoms with Gasteiger partial charge in [-0.25, -0.2) is 0 Å². The quantitative estimate of drug-likeness (QED) is 0.747. The number of hydrogen-bond donors (Lipinski definition) is 2. The summed E-state index contributed by atoms with van der Waals surface area (Å²) >= 11 is 0. The second-order valence-electron chi connectivity index (χ2n) is 6.05. The topological polar surface area (TPSA) is 49.7 Å². The van der Waals surface area contributed by atoms with E-state index >= 15 is 0 Å². The summed E-state index contributed by atoms with van der Waals surface area (Å²) in [6.45, 7) is 6.27. The molecule has 0 saturated heterocycles. The Hall–Kier alpha value is -1.90. The van der Waals surface area contributed by atoms with Crippen LogP contribution in [0.15, 0.2) is 41.7 Å². The van der Waals surface area contributed by atoms with E-state index < -0.39 is 5.60 Å². The number of hydrogen-bond acceptors (Lipinski definition) is 3. The van der Waals surface area contributed by atoms with Crippen LogP contribution in [0.3, 0.4) is 0 Å². The zero-order chi connectivity index (χ0) is 13.8. The molecule has 3 nitrogen and oxygen atoms in total. The van der Waals surface area contributed by atoms with Crippen molar-refractivity contribution in [3.8, 4) is 11.5 Å². The van der Waals surface area contributed by atoms with Crippen molar-refractivity contribution in [2.75, 3.05) is 0 Å². The van der Waals surface area contributed by atoms with E-state index in [1.165, 1.54) is 0 Å². The molecule has 3 heteroatoms. The van der Waals surface area contributed by atoms with E-state index in [1.54, 1.807) is 18.2 Å². The van der Waals surface area contributed by atoms with E-state index in [-0.39, 0.29) is 11.2 Å². The number of phenols is 1. The Kier molecular flexibility index (Phi) is 2.28. The Morgan fingerprint density at radius 1 is 1.11 bits per heavy atom. The van der Waals surface area contributed by atoms with Crippen LogP contribution < -0.4 is 4.74 Å². The van der Waals surface area contributed by atoms with Gasteiger partial charge in [-0.05, 0) is 24.6 Å². The number of fused-ring (bicyclic) bond motifs is 2. The van der Waals surface area contributed by atoms with Gasteiger partial charge in [-0.3, -0.25) is 0 Å². The first-order chi connectivity index (χ1) is 8.83. The average Bonchev–Trinajstić information content (AvgIpc) is 2.26. The number of rotatable bonds is 0. The highest BCUT2D eigenvalue weighted by molar-refractivity contribution is 5.55. The minimum atomic E-state index is -0.552. The highest BCUT2D eigenvalue weighted by atomic mass is 16.5. The van der Waals surface area contributed by atoms with Crippen molar-refractivity contribution < 1.29 is 14.9 Å². The van der Waals surface area contributed by atoms with Gasteiger partial charge in [0.1, 0.15) is 17.1 Å². The Bertz CT molecular complexity index is 610. The van der Waals surface area contributed by atoms with Crippen LogP contribution in [0.1, 0.15) is 32.8 Å². The molecule has 0 bridgehead atoms. The normalized spacial score (nSPS) is 27.5. The van der Waals surface area contributed by atoms with E-state index in [4.69, 9.17) is 4.74 Å². The highest BCUT2D eigenvalue weighted by Crippen LogP contribution is 2.52. The lowest BCUT2D eigenvalue weighted by atomic mass is 9.66. The third kappa shape index (κ3) is 1.65. The van der Waals surface area contributed by atoms with Crippen LogP contribution in [0.5, 0.6) is 11.5 Å². The molecule has 0 amide bonds. The number of ether oxygens (including phenoxy) is 1. The van der Waals surface area contributed by atoms with E-state index in [2.05, 4.69) is 13.8 Å². The highest BCUT2D eigenvalue weighted by Gasteiger charge is 2.47. The first-order valence-corrected chi connectivity index (χ1v) is 6.46. The van der Waals surface area contributed by atoms with Gasteiger partial charge in [0.2, 0.25) is 0 Å². The monoisotopic (exact) mass is 258 g/mol. The summed E-state index contributed by atoms with van der Waals surface area (Å²) in [4.78, 5) is 0. The van der Waals surface area contributed by atoms with Gasteiger partial charge in [0.05, 0.1) is 5.76 Å². The van der Waals surface area contributed by atoms with Gasteiger partial charge in [-0.15, -0.1) is 0 Å². The molecule has 100 valence electrons. The van der Waals surface area contributed by atoms with Crippen LogP contribution >= 0.6 is 0 Å². The van der Waals surface area contributed by atoms with Crippen molar-refractivity contribution in [2.45, 2.75) is 38.2 Å². The minimum Gasteiger partial charge on any atom is -0.512 e. The van der Waals surface area contributed by atoms with Crippen molar-refractivity contribution >= 4 is 0 Å². The second kappa shape index (κ2) is 3.56. The van der Waals surface area contributed by atoms with Gasteiger partial charge < -0.3 is 14.9 Å². The maximum absolute atomic E-state index is 9.77. The van der Waals surface area contributed by atoms with Gasteiger partial charge in [-0.2, -0.15) is 0 Å². The summed E-state index contributed by atoms with van der Waals surface area (Å²) in [6.07, 6.45) is 4.15. The SMILES string of the molecule is CC12CC(O)=CC=C1C(C)(C)c1ccc(O)cc1O2. The first kappa shape index (κ1) is 12.2. The molecule has 0 saturated carbocycles. The van der Waals surface area contributed by atoms with Crippen molar-refractivity contribution in [3.05, 3.63) is 47.2 Å². The average molecular weight is 258 g/mol. The van der Waals surface area contributed by atoms with Crippen molar-refractivity contribution in [2.24, 2.45) is 0 Å². The van der Waals surface area contributed by atoms with Crippen LogP contribution in [-0.2, 0) is 5.41 Å². The van der Waals surface area contributed by atoms with Crippen LogP contribution in [0, 0.1) is 0 Å². The predicted octanol–water partition coefficient (Wildman–Crippen LogP) is 3.59. The van der Waals surface area contributed by atoms with Crippen molar-refractivity contribution in [3.63, 3.8) is 0 Å². The number of aliphatic hydroxyl groups excluding tert-OH is 1. The van der Waals surface area contributed by atoms with Crippen LogP contribution in [-0.4, -0.2) is 15.8 Å². The third-order valence-electron chi connectivity index (χ3n) is 4.18. The maximum Gasteiger partial charge on any atom is 0.135 e. The Balaban J connectivity index is 2.23. The summed E-state index contributed by atoms with van der Waals surface area (Å²) in [5, 5.41) is 19.4. The lowest BCUT2D eigenvalue weighted by molar-refractivity contribution is 0.0801. The predicted molar refractivity (Wildman–Crippen MR) is 73.6 cm³/mol. The molecule has 0 radical (unpaired) electrons. The molecule has 0 fully saturated rings. The summed E-state index contributed by atoms with van der Waals surface area (Å²) in [5.41, 5.74) is 1.47. The lowest BCUT2D eigenvalue weighted by Crippen LogP contribution is -2.47. The molecule has 1 atom stereocenters. The molecule has 0 aromatic heterocycles. The van der Waals surface area contributed by atoms with E-state index in [9.17, 15) is 10.2 Å². The molecule has 1 aliphatic heterocycles. The number of aromatic hydroxyl groups is 1. The third-order valence-corrected chi connectivity index (χ3v) is 4.18. The fourth-order valence-corrected chi connectivity index (χ4v) is 3.32. The fourth-order valence-electron chi connectivity index (χ4n) is 3.32. The van der Waals surface area contributed by atoms with Gasteiger partial charge in [0.25, 0.3) is 0 Å². The molecule has 2 N–H and O–H groups in total. The van der Waals surface area contributed by atoms with Gasteiger partial charge >= 0.3 is 0 Å². The Labute approximate surface area is 112 Å². The van der Waals surface area contributed by atoms with E-state index in [0.29, 0.717) is 17.9 Å². The molecule has 1 heterocycles. The standard InChI is InChI=1S/C16H18O3/c1-15(2)12-6-4-10(17)8-13(12)19-16(3)9-11(18)5-7-14(15)16/h4-8,17-18H,9H2,1-3H3. The fraction of sp³-hybridized carbons (Fsp3) is 0.375. The lowest BCUT2D eigenvalue weighted by Gasteiger charge is -2.47. The van der Waals surface area contributed by atoms with Gasteiger partial charge in [0, 0.05) is 23.5 Å². The zero-order valence-electron chi connectivity index (χ0n) is 11.4. The number of phenolic OH excluding ortho intramolecular Hbond substituents is 1. The molecule has 1 aliphatic carbocycles. The summed E-state index contributed by atoms with van der Waals surface area (Å²) in [5.74, 6) is 1.21. The summed E-state index contributed by atoms with van der Waals surface area (Å²) < 4.78 is 6.08. The molecule has 1 aromatic rings. The number of benzene rings is 1. The molecular weight excluding hydrogens is 240 g/mol. The number of aliphatic hydroxyl groups is 1. The van der Waals surface area contributed by atoms with Crippen molar-refractivity contribution in [1.82, 2.24) is 0 Å². The van der Waals surface area contributed by atoms with Crippen molar-refractivity contribution in [1.29, 1.82) is 0 Å². The minimum absolute atomic E-state index is 0.187. The summed E-state index contributed by atoms with van der Waals surface area (Å²) in [7, 11) is 0. The Morgan fingerprint density at radius 3 is 2.58 bits per heavy atom. The summed E-state index contributed by atoms with van der Waals surface area (Å²) in [6, 6.07) is 5.24. The molecule has 2 aliphatic rings. The molecule has 1 aromatic carbocycles. The molecule has 1 unspecified atom stereocenters. The molecule has 3 rings (SSSR count). The largest absolute Gasteiger partial charge is 0.512 e. The molecule has 0 spiro atoms. The molecular formula is C16H18O3. The van der Waals surface area contributed by atoms with Gasteiger partial charge in [0.15, 0.2) is 0 Å². The smallest absolute Gasteiger partial charge is 0.135 e. The first-order valence-electron chi connectivity index (χ1n) is 6.46. The van der Waals surface area contributed by atoms with E-state index in [0.717, 1.165) is 11.1 Å².